The van der Waals surface area contributed by atoms with Crippen LogP contribution in [0, 0.1) is 11.8 Å². The number of hydrogen-bond acceptors (Lipinski definition) is 3. The summed E-state index contributed by atoms with van der Waals surface area (Å²) in [5.41, 5.74) is 0. The van der Waals surface area contributed by atoms with Gasteiger partial charge in [-0.25, -0.2) is 4.79 Å². The number of hydrogen-bond donors (Lipinski definition) is 1. The largest absolute Gasteiger partial charge is 0.469 e. The Bertz CT molecular complexity index is 495. The minimum absolute atomic E-state index is 0.0820. The van der Waals surface area contributed by atoms with Crippen molar-refractivity contribution in [2.75, 3.05) is 39.3 Å². The molecule has 5 nitrogen and oxygen atoms in total. The summed E-state index contributed by atoms with van der Waals surface area (Å²) in [5.74, 6) is 2.43. The maximum atomic E-state index is 12.4. The number of amides is 2. The summed E-state index contributed by atoms with van der Waals surface area (Å²) in [5, 5.41) is 3.03. The van der Waals surface area contributed by atoms with E-state index in [1.54, 1.807) is 6.26 Å². The monoisotopic (exact) mass is 333 g/mol. The Balaban J connectivity index is 1.38. The lowest BCUT2D eigenvalue weighted by Gasteiger charge is -2.37. The second-order valence-corrected chi connectivity index (χ2v) is 7.50. The molecule has 0 saturated carbocycles. The van der Waals surface area contributed by atoms with Gasteiger partial charge in [0.1, 0.15) is 5.76 Å². The normalized spacial score (nSPS) is 23.4. The fourth-order valence-electron chi connectivity index (χ4n) is 3.87. The molecule has 0 radical (unpaired) electrons. The predicted molar refractivity (Wildman–Crippen MR) is 94.9 cm³/mol. The van der Waals surface area contributed by atoms with Crippen LogP contribution in [0.15, 0.2) is 22.8 Å². The predicted octanol–water partition coefficient (Wildman–Crippen LogP) is 2.98. The molecule has 3 heterocycles. The number of carbonyl (C=O) groups excluding carboxylic acids is 1. The van der Waals surface area contributed by atoms with E-state index in [9.17, 15) is 4.79 Å². The van der Waals surface area contributed by atoms with Gasteiger partial charge in [-0.05, 0) is 62.7 Å². The van der Waals surface area contributed by atoms with Gasteiger partial charge in [0.05, 0.1) is 6.26 Å². The molecule has 1 atom stereocenters. The summed E-state index contributed by atoms with van der Waals surface area (Å²) in [6, 6.07) is 3.91. The van der Waals surface area contributed by atoms with E-state index in [2.05, 4.69) is 17.1 Å². The van der Waals surface area contributed by atoms with E-state index < -0.39 is 0 Å². The number of urea groups is 1. The number of furan rings is 1. The van der Waals surface area contributed by atoms with E-state index in [1.807, 2.05) is 17.0 Å². The molecule has 0 aliphatic carbocycles. The first kappa shape index (κ1) is 17.3. The quantitative estimate of drug-likeness (QED) is 0.901. The lowest BCUT2D eigenvalue weighted by atomic mass is 9.94. The highest BCUT2D eigenvalue weighted by Crippen LogP contribution is 2.21. The molecule has 134 valence electrons. The van der Waals surface area contributed by atoms with Gasteiger partial charge in [-0.15, -0.1) is 0 Å². The molecule has 0 unspecified atom stereocenters. The lowest BCUT2D eigenvalue weighted by molar-refractivity contribution is 0.120. The van der Waals surface area contributed by atoms with Crippen molar-refractivity contribution in [2.45, 2.75) is 39.0 Å². The average Bonchev–Trinajstić information content (AvgIpc) is 3.10. The third-order valence-electron chi connectivity index (χ3n) is 5.43. The van der Waals surface area contributed by atoms with E-state index in [0.29, 0.717) is 12.5 Å². The Morgan fingerprint density at radius 1 is 1.29 bits per heavy atom. The van der Waals surface area contributed by atoms with Crippen LogP contribution in [0.1, 0.15) is 38.4 Å². The minimum Gasteiger partial charge on any atom is -0.469 e. The molecule has 2 amide bonds. The number of carbonyl (C=O) groups is 1. The van der Waals surface area contributed by atoms with E-state index in [0.717, 1.165) is 44.2 Å². The highest BCUT2D eigenvalue weighted by atomic mass is 16.3. The van der Waals surface area contributed by atoms with Crippen molar-refractivity contribution in [3.05, 3.63) is 24.2 Å². The molecule has 3 rings (SSSR count). The van der Waals surface area contributed by atoms with Crippen LogP contribution >= 0.6 is 0 Å². The van der Waals surface area contributed by atoms with Gasteiger partial charge in [0.25, 0.3) is 0 Å². The molecular formula is C19H31N3O2. The first-order chi connectivity index (χ1) is 11.7. The van der Waals surface area contributed by atoms with Gasteiger partial charge in [-0.3, -0.25) is 0 Å². The SMILES string of the molecule is CC1CCN(C[C@H]2CCCN(C(=O)NCCc3ccco3)C2)CC1. The number of nitrogens with one attached hydrogen (secondary N) is 1. The smallest absolute Gasteiger partial charge is 0.317 e. The van der Waals surface area contributed by atoms with Gasteiger partial charge in [0.15, 0.2) is 0 Å². The van der Waals surface area contributed by atoms with Gasteiger partial charge in [-0.2, -0.15) is 0 Å². The average molecular weight is 333 g/mol. The fourth-order valence-corrected chi connectivity index (χ4v) is 3.87. The van der Waals surface area contributed by atoms with Gasteiger partial charge < -0.3 is 19.5 Å². The first-order valence-corrected chi connectivity index (χ1v) is 9.48. The molecule has 24 heavy (non-hydrogen) atoms. The molecule has 1 aromatic heterocycles. The summed E-state index contributed by atoms with van der Waals surface area (Å²) in [6.07, 6.45) is 7.45. The van der Waals surface area contributed by atoms with Gasteiger partial charge in [-0.1, -0.05) is 6.92 Å². The molecule has 2 fully saturated rings. The summed E-state index contributed by atoms with van der Waals surface area (Å²) in [4.78, 5) is 17.0. The third-order valence-corrected chi connectivity index (χ3v) is 5.43. The van der Waals surface area contributed by atoms with Gasteiger partial charge in [0, 0.05) is 32.6 Å². The summed E-state index contributed by atoms with van der Waals surface area (Å²) in [7, 11) is 0. The van der Waals surface area contributed by atoms with E-state index in [1.165, 1.54) is 32.4 Å². The lowest BCUT2D eigenvalue weighted by Crippen LogP contribution is -2.48. The van der Waals surface area contributed by atoms with Gasteiger partial charge in [0.2, 0.25) is 0 Å². The van der Waals surface area contributed by atoms with E-state index in [4.69, 9.17) is 4.42 Å². The molecule has 0 aromatic carbocycles. The fraction of sp³-hybridized carbons (Fsp3) is 0.737. The standard InChI is InChI=1S/C19H31N3O2/c1-16-7-11-21(12-8-16)14-17-4-2-10-22(15-17)19(23)20-9-6-18-5-3-13-24-18/h3,5,13,16-17H,2,4,6-12,14-15H2,1H3,(H,20,23)/t17-/m1/s1. The highest BCUT2D eigenvalue weighted by Gasteiger charge is 2.26. The Labute approximate surface area is 145 Å². The van der Waals surface area contributed by atoms with Crippen molar-refractivity contribution in [2.24, 2.45) is 11.8 Å². The van der Waals surface area contributed by atoms with Crippen LogP contribution in [0.5, 0.6) is 0 Å². The maximum absolute atomic E-state index is 12.4. The molecule has 2 aliphatic rings. The Morgan fingerprint density at radius 2 is 2.12 bits per heavy atom. The molecule has 2 aliphatic heterocycles. The number of likely N-dealkylation sites (tertiary alicyclic amines) is 2. The topological polar surface area (TPSA) is 48.7 Å². The molecule has 0 bridgehead atoms. The zero-order chi connectivity index (χ0) is 16.8. The number of nitrogens with zero attached hydrogens (tertiary/aromatic N) is 2. The van der Waals surface area contributed by atoms with Crippen LogP contribution in [0.2, 0.25) is 0 Å². The minimum atomic E-state index is 0.0820. The maximum Gasteiger partial charge on any atom is 0.317 e. The van der Waals surface area contributed by atoms with Crippen LogP contribution in [0.3, 0.4) is 0 Å². The second-order valence-electron chi connectivity index (χ2n) is 7.50. The Morgan fingerprint density at radius 3 is 2.88 bits per heavy atom. The second kappa shape index (κ2) is 8.56. The molecule has 5 heteroatoms. The molecule has 1 aromatic rings. The zero-order valence-corrected chi connectivity index (χ0v) is 14.9. The molecule has 0 spiro atoms. The van der Waals surface area contributed by atoms with Crippen molar-refractivity contribution in [3.8, 4) is 0 Å². The number of rotatable bonds is 5. The van der Waals surface area contributed by atoms with Crippen LogP contribution in [0.4, 0.5) is 4.79 Å². The summed E-state index contributed by atoms with van der Waals surface area (Å²) < 4.78 is 5.30. The first-order valence-electron chi connectivity index (χ1n) is 9.48. The van der Waals surface area contributed by atoms with Crippen LogP contribution in [0.25, 0.3) is 0 Å². The Kier molecular flexibility index (Phi) is 6.18. The van der Waals surface area contributed by atoms with Crippen molar-refractivity contribution in [3.63, 3.8) is 0 Å². The van der Waals surface area contributed by atoms with Crippen molar-refractivity contribution in [1.82, 2.24) is 15.1 Å². The summed E-state index contributed by atoms with van der Waals surface area (Å²) in [6.45, 7) is 8.39. The third kappa shape index (κ3) is 5.00. The molecule has 2 saturated heterocycles. The number of piperidine rings is 2. The summed E-state index contributed by atoms with van der Waals surface area (Å²) >= 11 is 0. The van der Waals surface area contributed by atoms with Gasteiger partial charge >= 0.3 is 6.03 Å². The van der Waals surface area contributed by atoms with Crippen molar-refractivity contribution < 1.29 is 9.21 Å². The van der Waals surface area contributed by atoms with Crippen LogP contribution in [-0.2, 0) is 6.42 Å². The Hall–Kier alpha value is -1.49. The van der Waals surface area contributed by atoms with Crippen LogP contribution in [-0.4, -0.2) is 55.1 Å². The van der Waals surface area contributed by atoms with Crippen molar-refractivity contribution in [1.29, 1.82) is 0 Å². The van der Waals surface area contributed by atoms with E-state index in [-0.39, 0.29) is 6.03 Å². The highest BCUT2D eigenvalue weighted by molar-refractivity contribution is 5.74. The molecular weight excluding hydrogens is 302 g/mol. The molecule has 1 N–H and O–H groups in total. The van der Waals surface area contributed by atoms with E-state index >= 15 is 0 Å². The van der Waals surface area contributed by atoms with Crippen molar-refractivity contribution >= 4 is 6.03 Å². The zero-order valence-electron chi connectivity index (χ0n) is 14.9. The van der Waals surface area contributed by atoms with Crippen LogP contribution < -0.4 is 5.32 Å².